The fourth-order valence-electron chi connectivity index (χ4n) is 4.69. The number of hydrogen-bond donors (Lipinski definition) is 4. The molecule has 5 unspecified atom stereocenters. The Morgan fingerprint density at radius 1 is 1.00 bits per heavy atom. The highest BCUT2D eigenvalue weighted by Crippen LogP contribution is 2.31. The number of esters is 2. The molecule has 0 aromatic heterocycles. The van der Waals surface area contributed by atoms with Gasteiger partial charge in [0.2, 0.25) is 11.8 Å². The maximum absolute atomic E-state index is 13.4. The van der Waals surface area contributed by atoms with Crippen molar-refractivity contribution >= 4 is 23.8 Å². The van der Waals surface area contributed by atoms with Gasteiger partial charge in [0.25, 0.3) is 0 Å². The smallest absolute Gasteiger partial charge is 0.308 e. The van der Waals surface area contributed by atoms with Crippen molar-refractivity contribution in [1.29, 1.82) is 0 Å². The molecule has 2 amide bonds. The van der Waals surface area contributed by atoms with E-state index in [9.17, 15) is 33.1 Å². The molecule has 5 N–H and O–H groups in total. The topological polar surface area (TPSA) is 157 Å². The standard InChI is InChI=1S/C26H37F2N3O7/c1-13(2)23(24(34)30-19-9-15(25(35)37-3)8-16(10-19)26(36)38-4)31-22(33)12-21(32)20(29)7-14-5-17(27)11-18(28)6-14/h5-6,11,13,15-16,19-21,23,32H,7-10,12,29H2,1-4H3,(H,30,34)(H,31,33). The van der Waals surface area contributed by atoms with E-state index in [1.807, 2.05) is 0 Å². The van der Waals surface area contributed by atoms with Crippen LogP contribution in [0.5, 0.6) is 0 Å². The Hall–Kier alpha value is -3.12. The fourth-order valence-corrected chi connectivity index (χ4v) is 4.69. The lowest BCUT2D eigenvalue weighted by Crippen LogP contribution is -2.54. The predicted octanol–water partition coefficient (Wildman–Crippen LogP) is 0.974. The number of aliphatic hydroxyl groups excluding tert-OH is 1. The highest BCUT2D eigenvalue weighted by atomic mass is 19.1. The maximum atomic E-state index is 13.4. The van der Waals surface area contributed by atoms with E-state index in [4.69, 9.17) is 15.2 Å². The monoisotopic (exact) mass is 541 g/mol. The number of amides is 2. The summed E-state index contributed by atoms with van der Waals surface area (Å²) in [6, 6.07) is 0.410. The number of carbonyl (C=O) groups excluding carboxylic acids is 4. The molecule has 10 nitrogen and oxygen atoms in total. The van der Waals surface area contributed by atoms with Crippen LogP contribution in [0.25, 0.3) is 0 Å². The van der Waals surface area contributed by atoms with Gasteiger partial charge in [-0.1, -0.05) is 13.8 Å². The molecule has 5 atom stereocenters. The van der Waals surface area contributed by atoms with Crippen LogP contribution in [0.1, 0.15) is 45.1 Å². The van der Waals surface area contributed by atoms with Crippen molar-refractivity contribution in [2.45, 2.75) is 70.2 Å². The first kappa shape index (κ1) is 31.1. The summed E-state index contributed by atoms with van der Waals surface area (Å²) in [4.78, 5) is 50.0. The molecular formula is C26H37F2N3O7. The largest absolute Gasteiger partial charge is 0.469 e. The highest BCUT2D eigenvalue weighted by Gasteiger charge is 2.39. The molecule has 1 aromatic carbocycles. The minimum absolute atomic E-state index is 0.0678. The minimum Gasteiger partial charge on any atom is -0.469 e. The van der Waals surface area contributed by atoms with E-state index >= 15 is 0 Å². The third kappa shape index (κ3) is 9.02. The lowest BCUT2D eigenvalue weighted by atomic mass is 9.78. The Balaban J connectivity index is 2.00. The summed E-state index contributed by atoms with van der Waals surface area (Å²) in [6.07, 6.45) is -1.07. The van der Waals surface area contributed by atoms with E-state index in [2.05, 4.69) is 10.6 Å². The minimum atomic E-state index is -1.34. The van der Waals surface area contributed by atoms with Crippen LogP contribution in [0.2, 0.25) is 0 Å². The molecule has 1 saturated carbocycles. The Morgan fingerprint density at radius 2 is 1.53 bits per heavy atom. The average molecular weight is 542 g/mol. The van der Waals surface area contributed by atoms with Gasteiger partial charge in [0.15, 0.2) is 0 Å². The fraction of sp³-hybridized carbons (Fsp3) is 0.615. The molecule has 0 heterocycles. The lowest BCUT2D eigenvalue weighted by Gasteiger charge is -2.34. The number of halogens is 2. The molecule has 212 valence electrons. The number of methoxy groups -OCH3 is 2. The van der Waals surface area contributed by atoms with E-state index in [1.54, 1.807) is 13.8 Å². The number of ether oxygens (including phenoxy) is 2. The molecule has 0 radical (unpaired) electrons. The second-order valence-corrected chi connectivity index (χ2v) is 10.1. The number of nitrogens with one attached hydrogen (secondary N) is 2. The van der Waals surface area contributed by atoms with Crippen LogP contribution in [0.3, 0.4) is 0 Å². The second kappa shape index (κ2) is 14.1. The first-order chi connectivity index (χ1) is 17.8. The molecule has 2 rings (SSSR count). The van der Waals surface area contributed by atoms with Crippen molar-refractivity contribution in [3.05, 3.63) is 35.4 Å². The first-order valence-corrected chi connectivity index (χ1v) is 12.5. The van der Waals surface area contributed by atoms with Crippen LogP contribution in [-0.2, 0) is 35.1 Å². The van der Waals surface area contributed by atoms with Crippen LogP contribution in [0, 0.1) is 29.4 Å². The number of aliphatic hydroxyl groups is 1. The van der Waals surface area contributed by atoms with Gasteiger partial charge in [0, 0.05) is 18.2 Å². The van der Waals surface area contributed by atoms with Gasteiger partial charge in [-0.05, 0) is 49.3 Å². The summed E-state index contributed by atoms with van der Waals surface area (Å²) in [5.74, 6) is -5.22. The van der Waals surface area contributed by atoms with Crippen molar-refractivity contribution in [3.8, 4) is 0 Å². The maximum Gasteiger partial charge on any atom is 0.308 e. The van der Waals surface area contributed by atoms with Crippen LogP contribution < -0.4 is 16.4 Å². The van der Waals surface area contributed by atoms with Gasteiger partial charge in [-0.3, -0.25) is 19.2 Å². The highest BCUT2D eigenvalue weighted by molar-refractivity contribution is 5.88. The lowest BCUT2D eigenvalue weighted by molar-refractivity contribution is -0.153. The van der Waals surface area contributed by atoms with Crippen molar-refractivity contribution in [1.82, 2.24) is 10.6 Å². The number of nitrogens with two attached hydrogens (primary N) is 1. The Morgan fingerprint density at radius 3 is 2.00 bits per heavy atom. The Kier molecular flexibility index (Phi) is 11.6. The SMILES string of the molecule is COC(=O)C1CC(NC(=O)C(NC(=O)CC(O)C(N)Cc2cc(F)cc(F)c2)C(C)C)CC(C(=O)OC)C1. The Labute approximate surface area is 220 Å². The summed E-state index contributed by atoms with van der Waals surface area (Å²) in [5.41, 5.74) is 6.17. The Bertz CT molecular complexity index is 963. The van der Waals surface area contributed by atoms with Crippen LogP contribution in [0.15, 0.2) is 18.2 Å². The summed E-state index contributed by atoms with van der Waals surface area (Å²) < 4.78 is 36.5. The molecule has 1 fully saturated rings. The molecule has 1 aliphatic rings. The molecule has 1 aliphatic carbocycles. The zero-order valence-corrected chi connectivity index (χ0v) is 22.0. The molecule has 38 heavy (non-hydrogen) atoms. The van der Waals surface area contributed by atoms with E-state index in [1.165, 1.54) is 14.2 Å². The van der Waals surface area contributed by atoms with E-state index < -0.39 is 77.9 Å². The predicted molar refractivity (Wildman–Crippen MR) is 132 cm³/mol. The van der Waals surface area contributed by atoms with Gasteiger partial charge in [0.1, 0.15) is 17.7 Å². The van der Waals surface area contributed by atoms with Crippen LogP contribution >= 0.6 is 0 Å². The quantitative estimate of drug-likeness (QED) is 0.302. The summed E-state index contributed by atoms with van der Waals surface area (Å²) in [6.45, 7) is 3.45. The van der Waals surface area contributed by atoms with Crippen molar-refractivity contribution in [2.24, 2.45) is 23.5 Å². The van der Waals surface area contributed by atoms with Gasteiger partial charge in [-0.15, -0.1) is 0 Å². The molecule has 0 aliphatic heterocycles. The van der Waals surface area contributed by atoms with E-state index in [0.717, 1.165) is 12.1 Å². The van der Waals surface area contributed by atoms with E-state index in [0.29, 0.717) is 6.07 Å². The zero-order chi connectivity index (χ0) is 28.6. The normalized spacial score (nSPS) is 21.7. The van der Waals surface area contributed by atoms with Gasteiger partial charge >= 0.3 is 11.9 Å². The van der Waals surface area contributed by atoms with Gasteiger partial charge in [-0.2, -0.15) is 0 Å². The molecule has 12 heteroatoms. The zero-order valence-electron chi connectivity index (χ0n) is 22.0. The van der Waals surface area contributed by atoms with Crippen molar-refractivity contribution in [3.63, 3.8) is 0 Å². The summed E-state index contributed by atoms with van der Waals surface area (Å²) in [7, 11) is 2.50. The number of benzene rings is 1. The molecule has 0 saturated heterocycles. The molecular weight excluding hydrogens is 504 g/mol. The third-order valence-electron chi connectivity index (χ3n) is 6.67. The van der Waals surface area contributed by atoms with Gasteiger partial charge in [0.05, 0.1) is 38.6 Å². The second-order valence-electron chi connectivity index (χ2n) is 10.1. The van der Waals surface area contributed by atoms with Crippen molar-refractivity contribution in [2.75, 3.05) is 14.2 Å². The molecule has 1 aromatic rings. The van der Waals surface area contributed by atoms with Crippen LogP contribution in [0.4, 0.5) is 8.78 Å². The van der Waals surface area contributed by atoms with E-state index in [-0.39, 0.29) is 37.2 Å². The third-order valence-corrected chi connectivity index (χ3v) is 6.67. The summed E-state index contributed by atoms with van der Waals surface area (Å²) in [5, 5.41) is 15.8. The number of rotatable bonds is 11. The number of carbonyl (C=O) groups is 4. The number of hydrogen-bond acceptors (Lipinski definition) is 8. The first-order valence-electron chi connectivity index (χ1n) is 12.5. The summed E-state index contributed by atoms with van der Waals surface area (Å²) >= 11 is 0. The van der Waals surface area contributed by atoms with Crippen LogP contribution in [-0.4, -0.2) is 67.3 Å². The van der Waals surface area contributed by atoms with Gasteiger partial charge in [-0.25, -0.2) is 8.78 Å². The molecule has 0 bridgehead atoms. The van der Waals surface area contributed by atoms with Crippen molar-refractivity contribution < 1.29 is 42.5 Å². The van der Waals surface area contributed by atoms with Gasteiger partial charge < -0.3 is 30.9 Å². The molecule has 0 spiro atoms. The average Bonchev–Trinajstić information content (AvgIpc) is 2.84.